The lowest BCUT2D eigenvalue weighted by Gasteiger charge is -2.15. The molecule has 0 saturated heterocycles. The molecule has 1 N–H and O–H groups in total. The van der Waals surface area contributed by atoms with Crippen molar-refractivity contribution in [2.45, 2.75) is 26.9 Å². The summed E-state index contributed by atoms with van der Waals surface area (Å²) in [6.45, 7) is 5.45. The molecule has 0 saturated carbocycles. The van der Waals surface area contributed by atoms with Gasteiger partial charge in [0.1, 0.15) is 5.52 Å². The van der Waals surface area contributed by atoms with Crippen molar-refractivity contribution in [3.63, 3.8) is 0 Å². The lowest BCUT2D eigenvalue weighted by Crippen LogP contribution is -2.30. The zero-order chi connectivity index (χ0) is 22.0. The average Bonchev–Trinajstić information content (AvgIpc) is 3.17. The van der Waals surface area contributed by atoms with Gasteiger partial charge in [-0.3, -0.25) is 4.79 Å². The fourth-order valence-electron chi connectivity index (χ4n) is 3.40. The van der Waals surface area contributed by atoms with E-state index in [-0.39, 0.29) is 5.56 Å². The van der Waals surface area contributed by atoms with Gasteiger partial charge in [0.15, 0.2) is 11.7 Å². The van der Waals surface area contributed by atoms with Crippen molar-refractivity contribution < 1.29 is 18.7 Å². The van der Waals surface area contributed by atoms with Crippen LogP contribution >= 0.6 is 0 Å². The Morgan fingerprint density at radius 2 is 1.65 bits per heavy atom. The number of aromatic nitrogens is 1. The van der Waals surface area contributed by atoms with Gasteiger partial charge in [0.05, 0.1) is 11.1 Å². The van der Waals surface area contributed by atoms with Crippen molar-refractivity contribution in [2.75, 3.05) is 5.32 Å². The Labute approximate surface area is 179 Å². The Morgan fingerprint density at radius 1 is 0.968 bits per heavy atom. The molecule has 1 atom stereocenters. The number of aryl methyl sites for hydroxylation is 2. The van der Waals surface area contributed by atoms with Crippen molar-refractivity contribution in [3.8, 4) is 11.5 Å². The van der Waals surface area contributed by atoms with Crippen LogP contribution in [0.2, 0.25) is 0 Å². The number of ether oxygens (including phenoxy) is 1. The van der Waals surface area contributed by atoms with Gasteiger partial charge in [0.25, 0.3) is 5.91 Å². The summed E-state index contributed by atoms with van der Waals surface area (Å²) in [7, 11) is 0. The average molecular weight is 414 g/mol. The molecule has 1 amide bonds. The third-order valence-electron chi connectivity index (χ3n) is 4.81. The Kier molecular flexibility index (Phi) is 5.54. The highest BCUT2D eigenvalue weighted by atomic mass is 16.5. The van der Waals surface area contributed by atoms with Crippen molar-refractivity contribution in [2.24, 2.45) is 0 Å². The Hall–Kier alpha value is -3.93. The van der Waals surface area contributed by atoms with Crippen LogP contribution in [0.25, 0.3) is 22.6 Å². The van der Waals surface area contributed by atoms with Gasteiger partial charge in [-0.15, -0.1) is 0 Å². The summed E-state index contributed by atoms with van der Waals surface area (Å²) >= 11 is 0. The van der Waals surface area contributed by atoms with E-state index >= 15 is 0 Å². The van der Waals surface area contributed by atoms with E-state index in [0.29, 0.717) is 28.2 Å². The SMILES string of the molecule is Cc1cc(C)cc(NC(=O)C(C)OC(=O)c2ccccc2-c2nc3ccccc3o2)c1. The number of nitrogens with one attached hydrogen (secondary N) is 1. The maximum atomic E-state index is 12.9. The predicted molar refractivity (Wildman–Crippen MR) is 119 cm³/mol. The van der Waals surface area contributed by atoms with Gasteiger partial charge in [-0.25, -0.2) is 9.78 Å². The first-order valence-corrected chi connectivity index (χ1v) is 9.96. The van der Waals surface area contributed by atoms with Gasteiger partial charge in [-0.05, 0) is 68.3 Å². The number of oxazole rings is 1. The second-order valence-electron chi connectivity index (χ2n) is 7.45. The molecule has 1 heterocycles. The van der Waals surface area contributed by atoms with Crippen LogP contribution in [-0.2, 0) is 9.53 Å². The van der Waals surface area contributed by atoms with Crippen LogP contribution in [0.15, 0.2) is 71.1 Å². The van der Waals surface area contributed by atoms with Crippen molar-refractivity contribution in [3.05, 3.63) is 83.4 Å². The summed E-state index contributed by atoms with van der Waals surface area (Å²) in [5, 5.41) is 2.80. The molecule has 1 aromatic heterocycles. The van der Waals surface area contributed by atoms with E-state index in [0.717, 1.165) is 11.1 Å². The van der Waals surface area contributed by atoms with Crippen LogP contribution in [0.3, 0.4) is 0 Å². The summed E-state index contributed by atoms with van der Waals surface area (Å²) in [6.07, 6.45) is -0.981. The van der Waals surface area contributed by atoms with Crippen LogP contribution in [0, 0.1) is 13.8 Å². The lowest BCUT2D eigenvalue weighted by atomic mass is 10.1. The highest BCUT2D eigenvalue weighted by Gasteiger charge is 2.23. The molecular weight excluding hydrogens is 392 g/mol. The summed E-state index contributed by atoms with van der Waals surface area (Å²) in [4.78, 5) is 29.9. The van der Waals surface area contributed by atoms with E-state index in [1.165, 1.54) is 6.92 Å². The molecule has 0 aliphatic carbocycles. The zero-order valence-electron chi connectivity index (χ0n) is 17.5. The van der Waals surface area contributed by atoms with Crippen molar-refractivity contribution in [1.29, 1.82) is 0 Å². The summed E-state index contributed by atoms with van der Waals surface area (Å²) in [6, 6.07) is 20.0. The zero-order valence-corrected chi connectivity index (χ0v) is 17.5. The van der Waals surface area contributed by atoms with Gasteiger partial charge in [0.2, 0.25) is 5.89 Å². The van der Waals surface area contributed by atoms with E-state index in [1.807, 2.05) is 56.3 Å². The minimum absolute atomic E-state index is 0.278. The molecule has 0 aliphatic heterocycles. The number of benzene rings is 3. The third kappa shape index (κ3) is 4.48. The fraction of sp³-hybridized carbons (Fsp3) is 0.160. The monoisotopic (exact) mass is 414 g/mol. The van der Waals surface area contributed by atoms with E-state index in [4.69, 9.17) is 9.15 Å². The number of carbonyl (C=O) groups is 2. The quantitative estimate of drug-likeness (QED) is 0.449. The van der Waals surface area contributed by atoms with Gasteiger partial charge in [0, 0.05) is 5.69 Å². The molecule has 156 valence electrons. The number of rotatable bonds is 5. The highest BCUT2D eigenvalue weighted by Crippen LogP contribution is 2.27. The molecule has 4 aromatic rings. The molecule has 6 nitrogen and oxygen atoms in total. The molecule has 6 heteroatoms. The topological polar surface area (TPSA) is 81.4 Å². The number of hydrogen-bond acceptors (Lipinski definition) is 5. The minimum atomic E-state index is -0.981. The maximum Gasteiger partial charge on any atom is 0.339 e. The van der Waals surface area contributed by atoms with Crippen LogP contribution in [0.1, 0.15) is 28.4 Å². The molecule has 4 rings (SSSR count). The number of anilines is 1. The standard InChI is InChI=1S/C25H22N2O4/c1-15-12-16(2)14-18(13-15)26-23(28)17(3)30-25(29)20-9-5-4-8-19(20)24-27-21-10-6-7-11-22(21)31-24/h4-14,17H,1-3H3,(H,26,28). The predicted octanol–water partition coefficient (Wildman–Crippen LogP) is 5.30. The van der Waals surface area contributed by atoms with Crippen molar-refractivity contribution >= 4 is 28.7 Å². The third-order valence-corrected chi connectivity index (χ3v) is 4.81. The molecule has 3 aromatic carbocycles. The largest absolute Gasteiger partial charge is 0.449 e. The molecule has 0 spiro atoms. The van der Waals surface area contributed by atoms with E-state index in [1.54, 1.807) is 24.3 Å². The molecule has 1 unspecified atom stereocenters. The molecule has 31 heavy (non-hydrogen) atoms. The van der Waals surface area contributed by atoms with Gasteiger partial charge in [-0.1, -0.05) is 30.3 Å². The van der Waals surface area contributed by atoms with Crippen LogP contribution in [-0.4, -0.2) is 23.0 Å². The van der Waals surface area contributed by atoms with Gasteiger partial charge >= 0.3 is 5.97 Å². The summed E-state index contributed by atoms with van der Waals surface area (Å²) in [5.74, 6) is -0.709. The van der Waals surface area contributed by atoms with Crippen LogP contribution in [0.5, 0.6) is 0 Å². The Morgan fingerprint density at radius 3 is 2.39 bits per heavy atom. The first-order valence-electron chi connectivity index (χ1n) is 9.96. The fourth-order valence-corrected chi connectivity index (χ4v) is 3.40. The first-order chi connectivity index (χ1) is 14.9. The smallest absolute Gasteiger partial charge is 0.339 e. The molecule has 0 aliphatic rings. The lowest BCUT2D eigenvalue weighted by molar-refractivity contribution is -0.123. The number of carbonyl (C=O) groups excluding carboxylic acids is 2. The number of hydrogen-bond donors (Lipinski definition) is 1. The van der Waals surface area contributed by atoms with E-state index in [2.05, 4.69) is 10.3 Å². The Bertz CT molecular complexity index is 1220. The second-order valence-corrected chi connectivity index (χ2v) is 7.45. The molecule has 0 bridgehead atoms. The maximum absolute atomic E-state index is 12.9. The van der Waals surface area contributed by atoms with E-state index in [9.17, 15) is 9.59 Å². The second kappa shape index (κ2) is 8.44. The highest BCUT2D eigenvalue weighted by molar-refractivity contribution is 6.00. The van der Waals surface area contributed by atoms with Crippen LogP contribution in [0.4, 0.5) is 5.69 Å². The molecule has 0 radical (unpaired) electrons. The number of amides is 1. The Balaban J connectivity index is 1.52. The van der Waals surface area contributed by atoms with Crippen molar-refractivity contribution in [1.82, 2.24) is 4.98 Å². The summed E-state index contributed by atoms with van der Waals surface area (Å²) < 4.78 is 11.2. The first kappa shape index (κ1) is 20.3. The minimum Gasteiger partial charge on any atom is -0.449 e. The van der Waals surface area contributed by atoms with Gasteiger partial charge in [-0.2, -0.15) is 0 Å². The number of nitrogens with zero attached hydrogens (tertiary/aromatic N) is 1. The number of esters is 1. The number of para-hydroxylation sites is 2. The van der Waals surface area contributed by atoms with E-state index < -0.39 is 18.0 Å². The number of fused-ring (bicyclic) bond motifs is 1. The van der Waals surface area contributed by atoms with Gasteiger partial charge < -0.3 is 14.5 Å². The normalized spacial score (nSPS) is 11.8. The van der Waals surface area contributed by atoms with Crippen LogP contribution < -0.4 is 5.32 Å². The molecule has 0 fully saturated rings. The summed E-state index contributed by atoms with van der Waals surface area (Å²) in [5.41, 5.74) is 4.84. The molecular formula is C25H22N2O4.